The molecule has 0 atom stereocenters. The number of ether oxygens (including phenoxy) is 1. The number of carboxylic acid groups (broad SMARTS) is 1. The van der Waals surface area contributed by atoms with Crippen LogP contribution in [-0.2, 0) is 14.8 Å². The number of sulfonamides is 1. The molecule has 0 aliphatic heterocycles. The Bertz CT molecular complexity index is 554. The minimum Gasteiger partial charge on any atom is -0.481 e. The summed E-state index contributed by atoms with van der Waals surface area (Å²) < 4.78 is 30.6. The van der Waals surface area contributed by atoms with Gasteiger partial charge in [0.05, 0.1) is 18.7 Å². The van der Waals surface area contributed by atoms with Crippen LogP contribution < -0.4 is 4.74 Å². The van der Waals surface area contributed by atoms with Crippen LogP contribution in [0.5, 0.6) is 5.88 Å². The molecule has 0 saturated heterocycles. The zero-order valence-corrected chi connectivity index (χ0v) is 12.4. The maximum absolute atomic E-state index is 12.1. The fourth-order valence-electron chi connectivity index (χ4n) is 1.38. The molecule has 1 aromatic heterocycles. The van der Waals surface area contributed by atoms with Crippen molar-refractivity contribution in [2.24, 2.45) is 0 Å². The summed E-state index contributed by atoms with van der Waals surface area (Å²) in [7, 11) is -2.40. The van der Waals surface area contributed by atoms with E-state index in [0.717, 1.165) is 4.31 Å². The minimum atomic E-state index is -3.73. The molecule has 1 N–H and O–H groups in total. The highest BCUT2D eigenvalue weighted by Gasteiger charge is 2.21. The van der Waals surface area contributed by atoms with E-state index in [1.165, 1.54) is 25.4 Å². The average molecular weight is 302 g/mol. The van der Waals surface area contributed by atoms with Crippen molar-refractivity contribution in [2.75, 3.05) is 13.6 Å². The lowest BCUT2D eigenvalue weighted by molar-refractivity contribution is -0.137. The number of hydrogen-bond acceptors (Lipinski definition) is 5. The Kier molecular flexibility index (Phi) is 5.46. The molecule has 0 spiro atoms. The molecular weight excluding hydrogens is 284 g/mol. The molecule has 8 heteroatoms. The van der Waals surface area contributed by atoms with Crippen molar-refractivity contribution in [3.8, 4) is 5.88 Å². The van der Waals surface area contributed by atoms with Crippen LogP contribution >= 0.6 is 0 Å². The maximum atomic E-state index is 12.1. The molecule has 0 amide bonds. The van der Waals surface area contributed by atoms with Gasteiger partial charge < -0.3 is 9.84 Å². The highest BCUT2D eigenvalue weighted by Crippen LogP contribution is 2.17. The van der Waals surface area contributed by atoms with Crippen molar-refractivity contribution in [3.05, 3.63) is 18.3 Å². The van der Waals surface area contributed by atoms with Crippen LogP contribution in [0.4, 0.5) is 0 Å². The lowest BCUT2D eigenvalue weighted by Gasteiger charge is -2.16. The number of carbonyl (C=O) groups is 1. The van der Waals surface area contributed by atoms with E-state index in [0.29, 0.717) is 5.88 Å². The smallest absolute Gasteiger partial charge is 0.304 e. The summed E-state index contributed by atoms with van der Waals surface area (Å²) >= 11 is 0. The Morgan fingerprint density at radius 2 is 2.10 bits per heavy atom. The molecule has 1 heterocycles. The third-order valence-electron chi connectivity index (χ3n) is 2.41. The summed E-state index contributed by atoms with van der Waals surface area (Å²) in [6, 6.07) is 2.86. The predicted octanol–water partition coefficient (Wildman–Crippen LogP) is 0.964. The van der Waals surface area contributed by atoms with E-state index in [4.69, 9.17) is 9.84 Å². The lowest BCUT2D eigenvalue weighted by atomic mass is 10.4. The monoisotopic (exact) mass is 302 g/mol. The van der Waals surface area contributed by atoms with Crippen molar-refractivity contribution < 1.29 is 23.1 Å². The topological polar surface area (TPSA) is 96.8 Å². The van der Waals surface area contributed by atoms with E-state index >= 15 is 0 Å². The lowest BCUT2D eigenvalue weighted by Crippen LogP contribution is -2.29. The van der Waals surface area contributed by atoms with Gasteiger partial charge in [-0.25, -0.2) is 17.7 Å². The molecule has 0 fully saturated rings. The number of carboxylic acids is 1. The molecule has 1 aromatic rings. The van der Waals surface area contributed by atoms with Crippen LogP contribution in [0, 0.1) is 0 Å². The van der Waals surface area contributed by atoms with Crippen LogP contribution in [0.3, 0.4) is 0 Å². The van der Waals surface area contributed by atoms with Gasteiger partial charge in [-0.1, -0.05) is 0 Å². The molecule has 0 radical (unpaired) electrons. The maximum Gasteiger partial charge on any atom is 0.304 e. The first-order valence-corrected chi connectivity index (χ1v) is 7.48. The van der Waals surface area contributed by atoms with Crippen molar-refractivity contribution in [1.29, 1.82) is 0 Å². The number of rotatable bonds is 7. The molecule has 0 aromatic carbocycles. The number of pyridine rings is 1. The van der Waals surface area contributed by atoms with Gasteiger partial charge >= 0.3 is 5.97 Å². The molecule has 0 aliphatic carbocycles. The third kappa shape index (κ3) is 4.46. The van der Waals surface area contributed by atoms with Crippen molar-refractivity contribution in [1.82, 2.24) is 9.29 Å². The zero-order chi connectivity index (χ0) is 15.3. The van der Waals surface area contributed by atoms with E-state index in [9.17, 15) is 13.2 Å². The van der Waals surface area contributed by atoms with Crippen LogP contribution in [0.25, 0.3) is 0 Å². The fraction of sp³-hybridized carbons (Fsp3) is 0.500. The Labute approximate surface area is 118 Å². The fourth-order valence-corrected chi connectivity index (χ4v) is 2.50. The first-order chi connectivity index (χ1) is 9.23. The molecule has 0 unspecified atom stereocenters. The molecule has 7 nitrogen and oxygen atoms in total. The van der Waals surface area contributed by atoms with Gasteiger partial charge in [-0.3, -0.25) is 4.79 Å². The normalized spacial score (nSPS) is 11.8. The van der Waals surface area contributed by atoms with E-state index in [-0.39, 0.29) is 24.0 Å². The van der Waals surface area contributed by atoms with Crippen molar-refractivity contribution in [3.63, 3.8) is 0 Å². The molecule has 1 rings (SSSR count). The Morgan fingerprint density at radius 1 is 1.45 bits per heavy atom. The summed E-state index contributed by atoms with van der Waals surface area (Å²) in [6.07, 6.45) is 0.894. The second kappa shape index (κ2) is 6.67. The molecule has 112 valence electrons. The number of hydrogen-bond donors (Lipinski definition) is 1. The summed E-state index contributed by atoms with van der Waals surface area (Å²) in [5, 5.41) is 8.57. The SMILES string of the molecule is CC(C)Oc1ccc(S(=O)(=O)N(C)CCC(=O)O)cn1. The number of aromatic nitrogens is 1. The van der Waals surface area contributed by atoms with Crippen LogP contribution in [0.1, 0.15) is 20.3 Å². The van der Waals surface area contributed by atoms with Gasteiger partial charge in [0.1, 0.15) is 4.90 Å². The van der Waals surface area contributed by atoms with E-state index in [1.54, 1.807) is 0 Å². The summed E-state index contributed by atoms with van der Waals surface area (Å²) in [4.78, 5) is 14.4. The zero-order valence-electron chi connectivity index (χ0n) is 11.6. The van der Waals surface area contributed by atoms with Crippen molar-refractivity contribution in [2.45, 2.75) is 31.3 Å². The molecule has 0 bridgehead atoms. The molecule has 20 heavy (non-hydrogen) atoms. The van der Waals surface area contributed by atoms with E-state index in [2.05, 4.69) is 4.98 Å². The molecule has 0 aliphatic rings. The second-order valence-corrected chi connectivity index (χ2v) is 6.51. The molecular formula is C12H18N2O5S. The van der Waals surface area contributed by atoms with Gasteiger partial charge in [-0.2, -0.15) is 0 Å². The predicted molar refractivity (Wildman–Crippen MR) is 72.1 cm³/mol. The summed E-state index contributed by atoms with van der Waals surface area (Å²) in [5.41, 5.74) is 0. The van der Waals surface area contributed by atoms with Crippen molar-refractivity contribution >= 4 is 16.0 Å². The van der Waals surface area contributed by atoms with Crippen LogP contribution in [0.15, 0.2) is 23.2 Å². The van der Waals surface area contributed by atoms with Gasteiger partial charge in [-0.05, 0) is 19.9 Å². The highest BCUT2D eigenvalue weighted by molar-refractivity contribution is 7.89. The first-order valence-electron chi connectivity index (χ1n) is 6.04. The number of aliphatic carboxylic acids is 1. The minimum absolute atomic E-state index is 0.00138. The van der Waals surface area contributed by atoms with Gasteiger partial charge in [0, 0.05) is 19.7 Å². The van der Waals surface area contributed by atoms with E-state index in [1.807, 2.05) is 13.8 Å². The first kappa shape index (κ1) is 16.4. The van der Waals surface area contributed by atoms with E-state index < -0.39 is 16.0 Å². The quantitative estimate of drug-likeness (QED) is 0.806. The van der Waals surface area contributed by atoms with Crippen LogP contribution in [-0.4, -0.2) is 48.5 Å². The van der Waals surface area contributed by atoms with Gasteiger partial charge in [-0.15, -0.1) is 0 Å². The van der Waals surface area contributed by atoms with Gasteiger partial charge in [0.15, 0.2) is 0 Å². The standard InChI is InChI=1S/C12H18N2O5S/c1-9(2)19-11-5-4-10(8-13-11)20(17,18)14(3)7-6-12(15)16/h4-5,8-9H,6-7H2,1-3H3,(H,15,16). The average Bonchev–Trinajstić information content (AvgIpc) is 2.35. The Morgan fingerprint density at radius 3 is 2.55 bits per heavy atom. The Hall–Kier alpha value is -1.67. The second-order valence-electron chi connectivity index (χ2n) is 4.47. The third-order valence-corrected chi connectivity index (χ3v) is 4.25. The summed E-state index contributed by atoms with van der Waals surface area (Å²) in [5.74, 6) is -0.710. The summed E-state index contributed by atoms with van der Waals surface area (Å²) in [6.45, 7) is 3.58. The molecule has 0 saturated carbocycles. The number of nitrogens with zero attached hydrogens (tertiary/aromatic N) is 2. The Balaban J connectivity index is 2.84. The van der Waals surface area contributed by atoms with Gasteiger partial charge in [0.2, 0.25) is 15.9 Å². The largest absolute Gasteiger partial charge is 0.481 e. The highest BCUT2D eigenvalue weighted by atomic mass is 32.2. The van der Waals surface area contributed by atoms with Crippen LogP contribution in [0.2, 0.25) is 0 Å². The van der Waals surface area contributed by atoms with Gasteiger partial charge in [0.25, 0.3) is 0 Å².